The molecule has 13 rings (SSSR count). The van der Waals surface area contributed by atoms with E-state index in [1.54, 1.807) is 106 Å². The summed E-state index contributed by atoms with van der Waals surface area (Å²) in [7, 11) is 0. The molecular formula is C98H132N16O8S8. The van der Waals surface area contributed by atoms with E-state index in [1.165, 1.54) is 106 Å². The Morgan fingerprint density at radius 2 is 0.538 bits per heavy atom. The second kappa shape index (κ2) is 51.9. The zero-order valence-electron chi connectivity index (χ0n) is 77.4. The standard InChI is InChI=1S/C98H132N16O8S8/c1-70-30-54-123-87(70)83(88-71(2)31-55-124-88)26-14-42-107-38-10-22-79(63-107)95(115)119-50-18-46-111-62-78(9)102-106-114(49-21-53-122-98(118)82-25-13-41-110(66-82)45-17-29-86(93-76(7)36-60-129-93)94-77(8)37-61-130-94)69-101-105-113(48-20-52-121-97(117)81-24-12-40-109(65-81)44-16-28-85(91-74(5)34-58-127-91)92-75(6)35-59-128-92)68-100-104-112(67-99-103-111)47-19-51-120-96(116)80-23-11-39-108(64-80)43-15-27-84(89-72(3)32-56-125-89)90-73(4)33-57-126-90/h26-37,54-61,78-82H,10-25,38-53,62-69H2,1-9H3/b103-99-,104-100-,105-101-,106-102-/t78?,79-,80-,81-,82-/m0/s1. The van der Waals surface area contributed by atoms with Crippen LogP contribution in [0.2, 0.25) is 0 Å². The van der Waals surface area contributed by atoms with Gasteiger partial charge in [0.15, 0.2) is 20.0 Å². The van der Waals surface area contributed by atoms with Gasteiger partial charge in [-0.2, -0.15) is 5.11 Å². The zero-order valence-corrected chi connectivity index (χ0v) is 83.9. The SMILES string of the molecule is Cc1ccsc1C(=CCCN1CCC[C@H](C(=O)OCCCN2C/N=N\N(CCCOC(=O)[C@H]3CCCN(CCC=C(c4sccc4C)c4sccc4C)C3)CC(C)/N=N\N(CCCOC(=O)[C@H]3CCCN(CCC=C(c4sccc4C)c4sccc4C)C3)C/N=N\N(CCCOC(=O)[C@H]3CCCN(CCC=C(c4sccc4C)c4sccc4C)C3)C/N=N\2)C1)c1sccc1C. The fourth-order valence-corrected chi connectivity index (χ4v) is 25.6. The Balaban J connectivity index is 0.661. The van der Waals surface area contributed by atoms with Gasteiger partial charge < -0.3 is 38.5 Å². The minimum Gasteiger partial charge on any atom is -0.465 e. The van der Waals surface area contributed by atoms with E-state index in [4.69, 9.17) is 60.3 Å². The number of carbonyl (C=O) groups excluding carboxylic acids is 4. The minimum absolute atomic E-state index is 0.00948. The zero-order chi connectivity index (χ0) is 90.9. The maximum atomic E-state index is 14.0. The maximum Gasteiger partial charge on any atom is 0.310 e. The van der Waals surface area contributed by atoms with Crippen LogP contribution in [-0.4, -0.2) is 227 Å². The Hall–Kier alpha value is -8.12. The molecule has 5 aliphatic rings. The largest absolute Gasteiger partial charge is 0.465 e. The van der Waals surface area contributed by atoms with Gasteiger partial charge >= 0.3 is 23.9 Å². The number of thiophene rings is 8. The van der Waals surface area contributed by atoms with Crippen LogP contribution in [-0.2, 0) is 38.1 Å². The summed E-state index contributed by atoms with van der Waals surface area (Å²) >= 11 is 14.3. The van der Waals surface area contributed by atoms with Gasteiger partial charge in [0, 0.05) is 166 Å². The lowest BCUT2D eigenvalue weighted by atomic mass is 9.98. The summed E-state index contributed by atoms with van der Waals surface area (Å²) in [4.78, 5) is 76.0. The van der Waals surface area contributed by atoms with Crippen molar-refractivity contribution < 1.29 is 38.1 Å². The van der Waals surface area contributed by atoms with Crippen molar-refractivity contribution in [1.29, 1.82) is 0 Å². The third-order valence-corrected chi connectivity index (χ3v) is 33.1. The van der Waals surface area contributed by atoms with E-state index in [0.29, 0.717) is 84.6 Å². The summed E-state index contributed by atoms with van der Waals surface area (Å²) < 4.78 is 24.4. The predicted molar refractivity (Wildman–Crippen MR) is 533 cm³/mol. The van der Waals surface area contributed by atoms with Crippen LogP contribution in [0.1, 0.15) is 193 Å². The first-order valence-corrected chi connectivity index (χ1v) is 53.6. The van der Waals surface area contributed by atoms with Crippen molar-refractivity contribution in [3.05, 3.63) is 199 Å². The molecule has 8 aromatic heterocycles. The summed E-state index contributed by atoms with van der Waals surface area (Å²) in [5.41, 5.74) is 15.5. The Labute approximate surface area is 801 Å². The molecule has 0 N–H and O–H groups in total. The van der Waals surface area contributed by atoms with E-state index >= 15 is 0 Å². The fraction of sp³-hybridized carbons (Fsp3) is 0.551. The lowest BCUT2D eigenvalue weighted by Crippen LogP contribution is -2.39. The lowest BCUT2D eigenvalue weighted by Gasteiger charge is -2.31. The molecule has 0 radical (unpaired) electrons. The van der Waals surface area contributed by atoms with Crippen LogP contribution in [0.5, 0.6) is 0 Å². The summed E-state index contributed by atoms with van der Waals surface area (Å²) in [6.07, 6.45) is 21.6. The quantitative estimate of drug-likeness (QED) is 0.0197. The average molecular weight is 1920 g/mol. The van der Waals surface area contributed by atoms with Gasteiger partial charge in [0.25, 0.3) is 0 Å². The van der Waals surface area contributed by atoms with Gasteiger partial charge in [-0.25, -0.2) is 0 Å². The first-order chi connectivity index (χ1) is 63.4. The van der Waals surface area contributed by atoms with Gasteiger partial charge in [-0.15, -0.1) is 106 Å². The molecule has 0 saturated carbocycles. The highest BCUT2D eigenvalue weighted by Gasteiger charge is 2.32. The molecule has 5 aliphatic heterocycles. The first-order valence-electron chi connectivity index (χ1n) is 46.6. The Morgan fingerprint density at radius 3 is 0.769 bits per heavy atom. The first kappa shape index (κ1) is 99.4. The highest BCUT2D eigenvalue weighted by molar-refractivity contribution is 7.15. The van der Waals surface area contributed by atoms with Gasteiger partial charge in [-0.3, -0.25) is 39.2 Å². The van der Waals surface area contributed by atoms with Crippen LogP contribution in [0.3, 0.4) is 0 Å². The molecule has 0 aromatic carbocycles. The third kappa shape index (κ3) is 29.7. The second-order valence-corrected chi connectivity index (χ2v) is 42.3. The van der Waals surface area contributed by atoms with Crippen molar-refractivity contribution in [3.8, 4) is 0 Å². The van der Waals surface area contributed by atoms with Gasteiger partial charge in [0.1, 0.15) is 0 Å². The van der Waals surface area contributed by atoms with Crippen molar-refractivity contribution in [2.75, 3.05) is 158 Å². The summed E-state index contributed by atoms with van der Waals surface area (Å²) in [5.74, 6) is -1.67. The molecule has 0 amide bonds. The smallest absolute Gasteiger partial charge is 0.310 e. The van der Waals surface area contributed by atoms with Crippen LogP contribution in [0.4, 0.5) is 0 Å². The van der Waals surface area contributed by atoms with Crippen molar-refractivity contribution in [1.82, 2.24) is 39.6 Å². The van der Waals surface area contributed by atoms with Crippen molar-refractivity contribution in [2.24, 2.45) is 65.0 Å². The predicted octanol–water partition coefficient (Wildman–Crippen LogP) is 22.6. The molecule has 0 aliphatic carbocycles. The lowest BCUT2D eigenvalue weighted by molar-refractivity contribution is -0.151. The van der Waals surface area contributed by atoms with Crippen LogP contribution >= 0.6 is 90.7 Å². The highest BCUT2D eigenvalue weighted by atomic mass is 32.1. The van der Waals surface area contributed by atoms with E-state index < -0.39 is 6.04 Å². The normalized spacial score (nSPS) is 20.0. The number of rotatable bonds is 40. The van der Waals surface area contributed by atoms with Gasteiger partial charge in [-0.05, 0) is 302 Å². The molecule has 24 nitrogen and oxygen atoms in total. The Bertz CT molecular complexity index is 4990. The number of aryl methyl sites for hydroxylation is 8. The molecule has 0 spiro atoms. The maximum absolute atomic E-state index is 14.0. The average Bonchev–Trinajstić information content (AvgIpc) is 1.69. The topological polar surface area (TPSA) is 230 Å². The van der Waals surface area contributed by atoms with E-state index in [9.17, 15) is 19.2 Å². The number of likely N-dealkylation sites (tertiary alicyclic amines) is 4. The van der Waals surface area contributed by atoms with Crippen molar-refractivity contribution >= 4 is 137 Å². The summed E-state index contributed by atoms with van der Waals surface area (Å²) in [6, 6.07) is 17.1. The summed E-state index contributed by atoms with van der Waals surface area (Å²) in [6.45, 7) is 31.7. The molecule has 1 unspecified atom stereocenters. The second-order valence-electron chi connectivity index (χ2n) is 35.0. The number of nitrogens with zero attached hydrogens (tertiary/aromatic N) is 16. The van der Waals surface area contributed by atoms with E-state index in [0.717, 1.165) is 129 Å². The molecule has 5 atom stereocenters. The van der Waals surface area contributed by atoms with Gasteiger partial charge in [0.05, 0.1) is 62.7 Å². The molecule has 4 fully saturated rings. The number of carbonyl (C=O) groups is 4. The van der Waals surface area contributed by atoms with Crippen molar-refractivity contribution in [2.45, 2.75) is 171 Å². The molecule has 700 valence electrons. The van der Waals surface area contributed by atoms with Crippen molar-refractivity contribution in [3.63, 3.8) is 0 Å². The molecule has 32 heteroatoms. The molecular weight excluding hydrogens is 1790 g/mol. The minimum atomic E-state index is -0.408. The van der Waals surface area contributed by atoms with Gasteiger partial charge in [0.2, 0.25) is 0 Å². The highest BCUT2D eigenvalue weighted by Crippen LogP contribution is 2.41. The molecule has 8 aromatic rings. The number of piperidine rings is 4. The van der Waals surface area contributed by atoms with E-state index in [2.05, 4.69) is 191 Å². The summed E-state index contributed by atoms with van der Waals surface area (Å²) in [5, 5.41) is 62.4. The number of ether oxygens (including phenoxy) is 4. The van der Waals surface area contributed by atoms with Crippen LogP contribution < -0.4 is 0 Å². The fourth-order valence-electron chi connectivity index (χ4n) is 17.5. The molecule has 13 heterocycles. The molecule has 130 heavy (non-hydrogen) atoms. The van der Waals surface area contributed by atoms with Crippen LogP contribution in [0.15, 0.2) is 157 Å². The number of hydrogen-bond donors (Lipinski definition) is 0. The van der Waals surface area contributed by atoms with E-state index in [1.807, 2.05) is 11.9 Å². The number of hydrogen-bond acceptors (Lipinski definition) is 32. The van der Waals surface area contributed by atoms with E-state index in [-0.39, 0.29) is 94.0 Å². The number of esters is 4. The van der Waals surface area contributed by atoms with Crippen LogP contribution in [0, 0.1) is 79.1 Å². The van der Waals surface area contributed by atoms with Gasteiger partial charge in [-0.1, -0.05) is 45.2 Å². The monoisotopic (exact) mass is 1920 g/mol. The molecule has 4 saturated heterocycles. The molecule has 0 bridgehead atoms. The third-order valence-electron chi connectivity index (χ3n) is 24.7. The Morgan fingerprint density at radius 1 is 0.315 bits per heavy atom. The van der Waals surface area contributed by atoms with Crippen LogP contribution in [0.25, 0.3) is 22.3 Å². The Kier molecular flexibility index (Phi) is 39.7.